The predicted octanol–water partition coefficient (Wildman–Crippen LogP) is 3.35. The Balaban J connectivity index is 3.12. The van der Waals surface area contributed by atoms with E-state index >= 15 is 0 Å². The molecule has 0 aliphatic carbocycles. The number of unbranched alkanes of at least 4 members (excludes halogenated alkanes) is 3. The third kappa shape index (κ3) is 8.04. The molecule has 1 unspecified atom stereocenters. The lowest BCUT2D eigenvalue weighted by molar-refractivity contribution is 0.737. The van der Waals surface area contributed by atoms with Crippen LogP contribution in [-0.2, 0) is 0 Å². The van der Waals surface area contributed by atoms with Crippen molar-refractivity contribution in [2.75, 3.05) is 0 Å². The molecule has 0 N–H and O–H groups in total. The van der Waals surface area contributed by atoms with E-state index in [1.807, 2.05) is 6.92 Å². The molecule has 1 heteroatoms. The topological polar surface area (TPSA) is 0 Å². The smallest absolute Gasteiger partial charge is 0.0726 e. The lowest BCUT2D eigenvalue weighted by Gasteiger charge is -1.89. The largest absolute Gasteiger partial charge is 0.102 e. The van der Waals surface area contributed by atoms with E-state index in [1.165, 1.54) is 19.3 Å². The van der Waals surface area contributed by atoms with Crippen LogP contribution in [0.4, 0.5) is 0 Å². The van der Waals surface area contributed by atoms with Gasteiger partial charge in [-0.2, -0.15) is 0 Å². The molecule has 0 bridgehead atoms. The van der Waals surface area contributed by atoms with Crippen LogP contribution in [-0.4, -0.2) is 4.83 Å². The van der Waals surface area contributed by atoms with Gasteiger partial charge in [-0.1, -0.05) is 41.6 Å². The van der Waals surface area contributed by atoms with Crippen molar-refractivity contribution in [1.29, 1.82) is 0 Å². The van der Waals surface area contributed by atoms with Crippen molar-refractivity contribution in [2.45, 2.75) is 44.4 Å². The molecule has 0 aromatic rings. The maximum Gasteiger partial charge on any atom is 0.0726 e. The molecule has 0 amide bonds. The Labute approximate surface area is 72.5 Å². The zero-order valence-electron chi connectivity index (χ0n) is 6.78. The quantitative estimate of drug-likeness (QED) is 0.375. The highest BCUT2D eigenvalue weighted by molar-refractivity contribution is 9.09. The molecule has 58 valence electrons. The summed E-state index contributed by atoms with van der Waals surface area (Å²) in [5.41, 5.74) is 0. The molecule has 0 heterocycles. The standard InChI is InChI=1S/C9H15Br/c1-3-4-5-6-7-8-9(2)10/h9H,3-6H2,1-2H3. The first-order valence-corrected chi connectivity index (χ1v) is 4.81. The summed E-state index contributed by atoms with van der Waals surface area (Å²) in [6.45, 7) is 4.26. The Bertz CT molecular complexity index is 116. The maximum absolute atomic E-state index is 3.37. The van der Waals surface area contributed by atoms with Gasteiger partial charge in [0.05, 0.1) is 4.83 Å². The molecular weight excluding hydrogens is 188 g/mol. The molecule has 0 aliphatic heterocycles. The molecule has 0 fully saturated rings. The van der Waals surface area contributed by atoms with Crippen LogP contribution in [0, 0.1) is 11.8 Å². The second kappa shape index (κ2) is 7.15. The summed E-state index contributed by atoms with van der Waals surface area (Å²) >= 11 is 3.37. The average Bonchev–Trinajstić information content (AvgIpc) is 1.87. The van der Waals surface area contributed by atoms with E-state index in [0.29, 0.717) is 4.83 Å². The van der Waals surface area contributed by atoms with Crippen LogP contribution in [0.15, 0.2) is 0 Å². The lowest BCUT2D eigenvalue weighted by atomic mass is 10.2. The second-order valence-electron chi connectivity index (χ2n) is 2.39. The average molecular weight is 203 g/mol. The van der Waals surface area contributed by atoms with Crippen molar-refractivity contribution >= 4 is 15.9 Å². The van der Waals surface area contributed by atoms with Gasteiger partial charge in [0.15, 0.2) is 0 Å². The molecule has 0 radical (unpaired) electrons. The van der Waals surface area contributed by atoms with Gasteiger partial charge in [-0.25, -0.2) is 0 Å². The minimum Gasteiger partial charge on any atom is -0.102 e. The van der Waals surface area contributed by atoms with E-state index < -0.39 is 0 Å². The fraction of sp³-hybridized carbons (Fsp3) is 0.778. The Hall–Kier alpha value is 0.0400. The first-order chi connectivity index (χ1) is 4.77. The fourth-order valence-electron chi connectivity index (χ4n) is 0.676. The number of halogens is 1. The highest BCUT2D eigenvalue weighted by Gasteiger charge is 1.83. The molecule has 0 saturated carbocycles. The monoisotopic (exact) mass is 202 g/mol. The normalized spacial score (nSPS) is 11.9. The van der Waals surface area contributed by atoms with Crippen molar-refractivity contribution < 1.29 is 0 Å². The summed E-state index contributed by atoms with van der Waals surface area (Å²) < 4.78 is 0. The van der Waals surface area contributed by atoms with E-state index in [4.69, 9.17) is 0 Å². The van der Waals surface area contributed by atoms with E-state index in [1.54, 1.807) is 0 Å². The third-order valence-corrected chi connectivity index (χ3v) is 1.44. The van der Waals surface area contributed by atoms with Gasteiger partial charge >= 0.3 is 0 Å². The van der Waals surface area contributed by atoms with E-state index in [-0.39, 0.29) is 0 Å². The number of alkyl halides is 1. The number of rotatable bonds is 3. The van der Waals surface area contributed by atoms with Crippen LogP contribution in [0.3, 0.4) is 0 Å². The molecule has 10 heavy (non-hydrogen) atoms. The molecule has 0 aromatic heterocycles. The molecule has 0 aromatic carbocycles. The Morgan fingerprint density at radius 2 is 2.10 bits per heavy atom. The Kier molecular flexibility index (Phi) is 7.18. The van der Waals surface area contributed by atoms with Crippen LogP contribution >= 0.6 is 15.9 Å². The van der Waals surface area contributed by atoms with Crippen LogP contribution in [0.2, 0.25) is 0 Å². The van der Waals surface area contributed by atoms with Crippen LogP contribution in [0.5, 0.6) is 0 Å². The van der Waals surface area contributed by atoms with E-state index in [2.05, 4.69) is 34.7 Å². The number of hydrogen-bond donors (Lipinski definition) is 0. The number of hydrogen-bond acceptors (Lipinski definition) is 0. The summed E-state index contributed by atoms with van der Waals surface area (Å²) in [6, 6.07) is 0. The van der Waals surface area contributed by atoms with Gasteiger partial charge in [-0.05, 0) is 13.3 Å². The second-order valence-corrected chi connectivity index (χ2v) is 3.77. The highest BCUT2D eigenvalue weighted by Crippen LogP contribution is 1.98. The lowest BCUT2D eigenvalue weighted by Crippen LogP contribution is -1.80. The Morgan fingerprint density at radius 1 is 1.40 bits per heavy atom. The molecule has 1 atom stereocenters. The predicted molar refractivity (Wildman–Crippen MR) is 50.3 cm³/mol. The Morgan fingerprint density at radius 3 is 2.60 bits per heavy atom. The summed E-state index contributed by atoms with van der Waals surface area (Å²) in [4.78, 5) is 0.356. The minimum absolute atomic E-state index is 0.356. The summed E-state index contributed by atoms with van der Waals surface area (Å²) in [6.07, 6.45) is 4.91. The molecule has 0 spiro atoms. The van der Waals surface area contributed by atoms with Gasteiger partial charge in [0, 0.05) is 6.42 Å². The molecule has 0 saturated heterocycles. The van der Waals surface area contributed by atoms with Gasteiger partial charge in [-0.15, -0.1) is 5.92 Å². The highest BCUT2D eigenvalue weighted by atomic mass is 79.9. The molecule has 0 nitrogen and oxygen atoms in total. The zero-order chi connectivity index (χ0) is 7.82. The molecule has 0 aliphatic rings. The van der Waals surface area contributed by atoms with Crippen LogP contribution < -0.4 is 0 Å². The van der Waals surface area contributed by atoms with Crippen molar-refractivity contribution in [3.8, 4) is 11.8 Å². The van der Waals surface area contributed by atoms with Crippen molar-refractivity contribution in [3.63, 3.8) is 0 Å². The van der Waals surface area contributed by atoms with Gasteiger partial charge in [0.2, 0.25) is 0 Å². The maximum atomic E-state index is 3.37. The zero-order valence-corrected chi connectivity index (χ0v) is 8.37. The van der Waals surface area contributed by atoms with Gasteiger partial charge < -0.3 is 0 Å². The summed E-state index contributed by atoms with van der Waals surface area (Å²) in [5, 5.41) is 0. The first kappa shape index (κ1) is 10.0. The summed E-state index contributed by atoms with van der Waals surface area (Å²) in [7, 11) is 0. The van der Waals surface area contributed by atoms with Gasteiger partial charge in [-0.3, -0.25) is 0 Å². The van der Waals surface area contributed by atoms with Crippen molar-refractivity contribution in [2.24, 2.45) is 0 Å². The van der Waals surface area contributed by atoms with Crippen LogP contribution in [0.25, 0.3) is 0 Å². The summed E-state index contributed by atoms with van der Waals surface area (Å²) in [5.74, 6) is 6.19. The third-order valence-electron chi connectivity index (χ3n) is 1.21. The van der Waals surface area contributed by atoms with E-state index in [0.717, 1.165) is 6.42 Å². The SMILES string of the molecule is CCCCCC#CC(C)Br. The molecular formula is C9H15Br. The van der Waals surface area contributed by atoms with Crippen molar-refractivity contribution in [1.82, 2.24) is 0 Å². The fourth-order valence-corrected chi connectivity index (χ4v) is 0.838. The van der Waals surface area contributed by atoms with Gasteiger partial charge in [0.1, 0.15) is 0 Å². The molecule has 0 rings (SSSR count). The van der Waals surface area contributed by atoms with Gasteiger partial charge in [0.25, 0.3) is 0 Å². The van der Waals surface area contributed by atoms with E-state index in [9.17, 15) is 0 Å². The minimum atomic E-state index is 0.356. The van der Waals surface area contributed by atoms with Crippen LogP contribution in [0.1, 0.15) is 39.5 Å². The first-order valence-electron chi connectivity index (χ1n) is 3.89. The van der Waals surface area contributed by atoms with Crippen molar-refractivity contribution in [3.05, 3.63) is 0 Å².